The Morgan fingerprint density at radius 2 is 1.84 bits per heavy atom. The van der Waals surface area contributed by atoms with Crippen LogP contribution in [-0.4, -0.2) is 43.5 Å². The highest BCUT2D eigenvalue weighted by molar-refractivity contribution is 5.76. The Labute approximate surface area is 115 Å². The highest BCUT2D eigenvalue weighted by atomic mass is 16.2. The van der Waals surface area contributed by atoms with E-state index in [-0.39, 0.29) is 5.91 Å². The molecule has 4 nitrogen and oxygen atoms in total. The van der Waals surface area contributed by atoms with Gasteiger partial charge in [-0.3, -0.25) is 4.79 Å². The van der Waals surface area contributed by atoms with Crippen molar-refractivity contribution in [1.82, 2.24) is 4.90 Å². The highest BCUT2D eigenvalue weighted by Crippen LogP contribution is 2.20. The summed E-state index contributed by atoms with van der Waals surface area (Å²) >= 11 is 0. The van der Waals surface area contributed by atoms with Crippen LogP contribution < -0.4 is 10.6 Å². The van der Waals surface area contributed by atoms with E-state index in [1.165, 1.54) is 16.8 Å². The second kappa shape index (κ2) is 6.06. The van der Waals surface area contributed by atoms with Crippen LogP contribution in [0.2, 0.25) is 0 Å². The fourth-order valence-corrected chi connectivity index (χ4v) is 2.42. The molecule has 2 rings (SSSR count). The van der Waals surface area contributed by atoms with Gasteiger partial charge in [0, 0.05) is 44.8 Å². The first-order valence-corrected chi connectivity index (χ1v) is 6.92. The van der Waals surface area contributed by atoms with Gasteiger partial charge in [-0.2, -0.15) is 0 Å². The Bertz CT molecular complexity index is 451. The molecule has 0 atom stereocenters. The summed E-state index contributed by atoms with van der Waals surface area (Å²) in [5.74, 6) is 0.183. The summed E-state index contributed by atoms with van der Waals surface area (Å²) in [4.78, 5) is 16.0. The second-order valence-corrected chi connectivity index (χ2v) is 5.18. The molecule has 0 saturated carbocycles. The average molecular weight is 261 g/mol. The lowest BCUT2D eigenvalue weighted by Gasteiger charge is -2.36. The maximum atomic E-state index is 11.8. The van der Waals surface area contributed by atoms with Crippen molar-refractivity contribution in [2.45, 2.75) is 20.3 Å². The lowest BCUT2D eigenvalue weighted by Crippen LogP contribution is -2.49. The first-order chi connectivity index (χ1) is 9.11. The van der Waals surface area contributed by atoms with Crippen molar-refractivity contribution in [2.75, 3.05) is 37.6 Å². The molecule has 1 fully saturated rings. The summed E-state index contributed by atoms with van der Waals surface area (Å²) in [6.45, 7) is 8.10. The van der Waals surface area contributed by atoms with Gasteiger partial charge in [0.1, 0.15) is 0 Å². The third kappa shape index (κ3) is 3.26. The molecule has 1 heterocycles. The number of rotatable bonds is 3. The number of nitrogens with two attached hydrogens (primary N) is 1. The minimum Gasteiger partial charge on any atom is -0.368 e. The number of hydrogen-bond donors (Lipinski definition) is 1. The summed E-state index contributed by atoms with van der Waals surface area (Å²) in [6, 6.07) is 6.56. The van der Waals surface area contributed by atoms with Crippen molar-refractivity contribution in [3.63, 3.8) is 0 Å². The number of hydrogen-bond acceptors (Lipinski definition) is 3. The number of carbonyl (C=O) groups excluding carboxylic acids is 1. The fourth-order valence-electron chi connectivity index (χ4n) is 2.42. The van der Waals surface area contributed by atoms with E-state index < -0.39 is 0 Å². The fraction of sp³-hybridized carbons (Fsp3) is 0.533. The number of anilines is 1. The molecule has 0 unspecified atom stereocenters. The molecule has 1 saturated heterocycles. The van der Waals surface area contributed by atoms with Gasteiger partial charge >= 0.3 is 0 Å². The molecule has 0 spiro atoms. The van der Waals surface area contributed by atoms with Gasteiger partial charge in [-0.15, -0.1) is 0 Å². The smallest absolute Gasteiger partial charge is 0.223 e. The van der Waals surface area contributed by atoms with Gasteiger partial charge < -0.3 is 15.5 Å². The van der Waals surface area contributed by atoms with Crippen LogP contribution in [-0.2, 0) is 4.79 Å². The largest absolute Gasteiger partial charge is 0.368 e. The molecule has 0 bridgehead atoms. The van der Waals surface area contributed by atoms with Crippen LogP contribution in [0.3, 0.4) is 0 Å². The summed E-state index contributed by atoms with van der Waals surface area (Å²) in [5, 5.41) is 0. The summed E-state index contributed by atoms with van der Waals surface area (Å²) < 4.78 is 0. The van der Waals surface area contributed by atoms with Crippen molar-refractivity contribution in [3.8, 4) is 0 Å². The van der Waals surface area contributed by atoms with Crippen LogP contribution in [0.1, 0.15) is 17.5 Å². The number of benzene rings is 1. The molecule has 1 amide bonds. The SMILES string of the molecule is Cc1ccc(N2CCN(C(=O)CCN)CC2)cc1C. The van der Waals surface area contributed by atoms with Crippen molar-refractivity contribution in [1.29, 1.82) is 0 Å². The molecule has 19 heavy (non-hydrogen) atoms. The summed E-state index contributed by atoms with van der Waals surface area (Å²) in [5.41, 5.74) is 9.32. The number of nitrogens with zero attached hydrogens (tertiary/aromatic N) is 2. The molecule has 1 aromatic carbocycles. The van der Waals surface area contributed by atoms with Crippen molar-refractivity contribution in [3.05, 3.63) is 29.3 Å². The van der Waals surface area contributed by atoms with Crippen LogP contribution in [0.25, 0.3) is 0 Å². The highest BCUT2D eigenvalue weighted by Gasteiger charge is 2.20. The molecule has 0 aromatic heterocycles. The minimum absolute atomic E-state index is 0.183. The van der Waals surface area contributed by atoms with Gasteiger partial charge in [-0.1, -0.05) is 6.07 Å². The number of amides is 1. The Morgan fingerprint density at radius 3 is 2.42 bits per heavy atom. The van der Waals surface area contributed by atoms with E-state index in [0.717, 1.165) is 26.2 Å². The Kier molecular flexibility index (Phi) is 4.43. The first-order valence-electron chi connectivity index (χ1n) is 6.92. The van der Waals surface area contributed by atoms with Gasteiger partial charge in [-0.25, -0.2) is 0 Å². The molecule has 4 heteroatoms. The quantitative estimate of drug-likeness (QED) is 0.892. The van der Waals surface area contributed by atoms with Crippen molar-refractivity contribution >= 4 is 11.6 Å². The molecular weight excluding hydrogens is 238 g/mol. The van der Waals surface area contributed by atoms with E-state index in [1.54, 1.807) is 0 Å². The van der Waals surface area contributed by atoms with Gasteiger partial charge in [0.05, 0.1) is 0 Å². The zero-order valence-corrected chi connectivity index (χ0v) is 11.9. The Morgan fingerprint density at radius 1 is 1.16 bits per heavy atom. The number of piperazine rings is 1. The molecule has 1 aliphatic rings. The van der Waals surface area contributed by atoms with E-state index in [0.29, 0.717) is 13.0 Å². The van der Waals surface area contributed by atoms with Crippen LogP contribution in [0.5, 0.6) is 0 Å². The standard InChI is InChI=1S/C15H23N3O/c1-12-3-4-14(11-13(12)2)17-7-9-18(10-8-17)15(19)5-6-16/h3-4,11H,5-10,16H2,1-2H3. The first kappa shape index (κ1) is 13.9. The van der Waals surface area contributed by atoms with Gasteiger partial charge in [-0.05, 0) is 37.1 Å². The van der Waals surface area contributed by atoms with E-state index >= 15 is 0 Å². The van der Waals surface area contributed by atoms with Crippen LogP contribution in [0.4, 0.5) is 5.69 Å². The summed E-state index contributed by atoms with van der Waals surface area (Å²) in [6.07, 6.45) is 0.462. The topological polar surface area (TPSA) is 49.6 Å². The third-order valence-corrected chi connectivity index (χ3v) is 3.85. The molecule has 0 aliphatic carbocycles. The maximum Gasteiger partial charge on any atom is 0.223 e. The lowest BCUT2D eigenvalue weighted by molar-refractivity contribution is -0.131. The summed E-state index contributed by atoms with van der Waals surface area (Å²) in [7, 11) is 0. The van der Waals surface area contributed by atoms with Crippen LogP contribution in [0, 0.1) is 13.8 Å². The van der Waals surface area contributed by atoms with Gasteiger partial charge in [0.25, 0.3) is 0 Å². The number of carbonyl (C=O) groups is 1. The molecule has 2 N–H and O–H groups in total. The Hall–Kier alpha value is -1.55. The van der Waals surface area contributed by atoms with Crippen LogP contribution >= 0.6 is 0 Å². The average Bonchev–Trinajstić information content (AvgIpc) is 2.42. The molecule has 1 aromatic rings. The van der Waals surface area contributed by atoms with E-state index in [4.69, 9.17) is 5.73 Å². The monoisotopic (exact) mass is 261 g/mol. The van der Waals surface area contributed by atoms with Gasteiger partial charge in [0.15, 0.2) is 0 Å². The van der Waals surface area contributed by atoms with E-state index in [1.807, 2.05) is 4.90 Å². The molecular formula is C15H23N3O. The maximum absolute atomic E-state index is 11.8. The zero-order chi connectivity index (χ0) is 13.8. The predicted molar refractivity (Wildman–Crippen MR) is 78.4 cm³/mol. The molecule has 0 radical (unpaired) electrons. The number of aryl methyl sites for hydroxylation is 2. The van der Waals surface area contributed by atoms with Crippen molar-refractivity contribution in [2.24, 2.45) is 5.73 Å². The minimum atomic E-state index is 0.183. The second-order valence-electron chi connectivity index (χ2n) is 5.18. The third-order valence-electron chi connectivity index (χ3n) is 3.85. The Balaban J connectivity index is 1.96. The normalized spacial score (nSPS) is 15.7. The predicted octanol–water partition coefficient (Wildman–Crippen LogP) is 1.30. The molecule has 104 valence electrons. The lowest BCUT2D eigenvalue weighted by atomic mass is 10.1. The van der Waals surface area contributed by atoms with Crippen LogP contribution in [0.15, 0.2) is 18.2 Å². The van der Waals surface area contributed by atoms with E-state index in [2.05, 4.69) is 36.9 Å². The zero-order valence-electron chi connectivity index (χ0n) is 11.9. The van der Waals surface area contributed by atoms with Gasteiger partial charge in [0.2, 0.25) is 5.91 Å². The van der Waals surface area contributed by atoms with Crippen molar-refractivity contribution < 1.29 is 4.79 Å². The molecule has 1 aliphatic heterocycles. The van der Waals surface area contributed by atoms with E-state index in [9.17, 15) is 4.79 Å².